The highest BCUT2D eigenvalue weighted by Crippen LogP contribution is 2.11. The molecule has 0 radical (unpaired) electrons. The molecule has 0 fully saturated rings. The van der Waals surface area contributed by atoms with Gasteiger partial charge < -0.3 is 0 Å². The molecular weight excluding hydrogens is 308 g/mol. The van der Waals surface area contributed by atoms with Gasteiger partial charge in [-0.25, -0.2) is 0 Å². The predicted molar refractivity (Wildman–Crippen MR) is 95.0 cm³/mol. The zero-order chi connectivity index (χ0) is 14.7. The summed E-state index contributed by atoms with van der Waals surface area (Å²) >= 11 is 3.48. The second kappa shape index (κ2) is 18.6. The van der Waals surface area contributed by atoms with Crippen LogP contribution in [0.1, 0.15) is 90.4 Å². The Morgan fingerprint density at radius 2 is 1.05 bits per heavy atom. The van der Waals surface area contributed by atoms with E-state index in [-0.39, 0.29) is 0 Å². The molecule has 0 saturated carbocycles. The van der Waals surface area contributed by atoms with Gasteiger partial charge in [-0.2, -0.15) is 0 Å². The molecule has 0 aromatic carbocycles. The lowest BCUT2D eigenvalue weighted by molar-refractivity contribution is 0.559. The summed E-state index contributed by atoms with van der Waals surface area (Å²) in [6, 6.07) is 0. The van der Waals surface area contributed by atoms with Crippen molar-refractivity contribution in [3.8, 4) is 23.7 Å². The average molecular weight is 339 g/mol. The lowest BCUT2D eigenvalue weighted by atomic mass is 10.1. The van der Waals surface area contributed by atoms with Gasteiger partial charge in [0.2, 0.25) is 0 Å². The van der Waals surface area contributed by atoms with Crippen molar-refractivity contribution in [2.24, 2.45) is 0 Å². The first-order valence-corrected chi connectivity index (χ1v) is 9.55. The summed E-state index contributed by atoms with van der Waals surface area (Å²) in [5.41, 5.74) is 0. The average Bonchev–Trinajstić information content (AvgIpc) is 2.47. The maximum atomic E-state index is 3.48. The van der Waals surface area contributed by atoms with Gasteiger partial charge in [-0.3, -0.25) is 0 Å². The molecule has 0 aromatic heterocycles. The van der Waals surface area contributed by atoms with Crippen molar-refractivity contribution < 1.29 is 0 Å². The van der Waals surface area contributed by atoms with Crippen LogP contribution in [-0.2, 0) is 0 Å². The Kier molecular flexibility index (Phi) is 18.2. The van der Waals surface area contributed by atoms with Gasteiger partial charge in [0.1, 0.15) is 0 Å². The lowest BCUT2D eigenvalue weighted by Crippen LogP contribution is -1.82. The molecule has 0 rings (SSSR count). The summed E-state index contributed by atoms with van der Waals surface area (Å²) < 4.78 is 0. The molecule has 0 nitrogen and oxygen atoms in total. The summed E-state index contributed by atoms with van der Waals surface area (Å²) in [6.45, 7) is 2.14. The van der Waals surface area contributed by atoms with Crippen LogP contribution in [0.2, 0.25) is 0 Å². The SMILES string of the molecule is CCCC#CC#CCCCCCCCCCCCCBr. The van der Waals surface area contributed by atoms with Crippen molar-refractivity contribution >= 4 is 15.9 Å². The van der Waals surface area contributed by atoms with Crippen LogP contribution >= 0.6 is 15.9 Å². The Balaban J connectivity index is 3.12. The topological polar surface area (TPSA) is 0 Å². The van der Waals surface area contributed by atoms with Crippen LogP contribution in [0.15, 0.2) is 0 Å². The number of hydrogen-bond donors (Lipinski definition) is 0. The largest absolute Gasteiger partial charge is 0.0928 e. The van der Waals surface area contributed by atoms with E-state index in [1.807, 2.05) is 0 Å². The molecule has 0 aliphatic heterocycles. The standard InChI is InChI=1S/C19H31Br/c1-2-3-4-5-6-7-8-9-10-11-12-13-14-15-16-17-18-19-20/h2-3,8-19H2,1H3. The fourth-order valence-electron chi connectivity index (χ4n) is 2.06. The second-order valence-corrected chi connectivity index (χ2v) is 6.12. The third kappa shape index (κ3) is 17.6. The smallest absolute Gasteiger partial charge is 0.00989 e. The van der Waals surface area contributed by atoms with E-state index in [4.69, 9.17) is 0 Å². The van der Waals surface area contributed by atoms with Gasteiger partial charge in [0.15, 0.2) is 0 Å². The molecule has 0 N–H and O–H groups in total. The van der Waals surface area contributed by atoms with E-state index in [0.29, 0.717) is 0 Å². The minimum absolute atomic E-state index is 0.977. The summed E-state index contributed by atoms with van der Waals surface area (Å²) in [4.78, 5) is 0. The van der Waals surface area contributed by atoms with Gasteiger partial charge in [-0.1, -0.05) is 86.1 Å². The Morgan fingerprint density at radius 1 is 0.600 bits per heavy atom. The molecule has 20 heavy (non-hydrogen) atoms. The predicted octanol–water partition coefficient (Wildman–Crippen LogP) is 6.48. The van der Waals surface area contributed by atoms with Crippen LogP contribution in [0.25, 0.3) is 0 Å². The lowest BCUT2D eigenvalue weighted by Gasteiger charge is -2.01. The Hall–Kier alpha value is -0.400. The second-order valence-electron chi connectivity index (χ2n) is 5.33. The fraction of sp³-hybridized carbons (Fsp3) is 0.789. The number of hydrogen-bond acceptors (Lipinski definition) is 0. The third-order valence-corrected chi connectivity index (χ3v) is 3.86. The van der Waals surface area contributed by atoms with Crippen molar-refractivity contribution in [3.63, 3.8) is 0 Å². The van der Waals surface area contributed by atoms with E-state index in [1.165, 1.54) is 69.5 Å². The number of alkyl halides is 1. The van der Waals surface area contributed by atoms with Gasteiger partial charge in [-0.15, -0.1) is 0 Å². The molecule has 0 amide bonds. The number of unbranched alkanes of at least 4 members (excludes halogenated alkanes) is 11. The van der Waals surface area contributed by atoms with E-state index in [1.54, 1.807) is 0 Å². The zero-order valence-electron chi connectivity index (χ0n) is 13.3. The van der Waals surface area contributed by atoms with Gasteiger partial charge in [-0.05, 0) is 31.1 Å². The highest BCUT2D eigenvalue weighted by atomic mass is 79.9. The quantitative estimate of drug-likeness (QED) is 0.217. The maximum Gasteiger partial charge on any atom is 0.00989 e. The van der Waals surface area contributed by atoms with Gasteiger partial charge in [0.05, 0.1) is 0 Å². The minimum atomic E-state index is 0.977. The molecule has 0 aliphatic carbocycles. The molecule has 1 heteroatoms. The van der Waals surface area contributed by atoms with Crippen molar-refractivity contribution in [2.75, 3.05) is 5.33 Å². The molecular formula is C19H31Br. The van der Waals surface area contributed by atoms with Gasteiger partial charge >= 0.3 is 0 Å². The molecule has 0 aromatic rings. The molecule has 0 aliphatic rings. The Morgan fingerprint density at radius 3 is 1.55 bits per heavy atom. The highest BCUT2D eigenvalue weighted by molar-refractivity contribution is 9.09. The van der Waals surface area contributed by atoms with Crippen LogP contribution in [0.4, 0.5) is 0 Å². The van der Waals surface area contributed by atoms with Crippen molar-refractivity contribution in [3.05, 3.63) is 0 Å². The van der Waals surface area contributed by atoms with Crippen molar-refractivity contribution in [1.29, 1.82) is 0 Å². The number of rotatable bonds is 12. The van der Waals surface area contributed by atoms with E-state index in [9.17, 15) is 0 Å². The summed E-state index contributed by atoms with van der Waals surface area (Å²) in [6.07, 6.45) is 16.9. The van der Waals surface area contributed by atoms with E-state index in [0.717, 1.165) is 19.3 Å². The molecule has 114 valence electrons. The summed E-state index contributed by atoms with van der Waals surface area (Å²) in [7, 11) is 0. The maximum absolute atomic E-state index is 3.48. The third-order valence-electron chi connectivity index (χ3n) is 3.30. The van der Waals surface area contributed by atoms with E-state index < -0.39 is 0 Å². The fourth-order valence-corrected chi connectivity index (χ4v) is 2.46. The molecule has 0 unspecified atom stereocenters. The molecule has 0 spiro atoms. The van der Waals surface area contributed by atoms with Crippen molar-refractivity contribution in [2.45, 2.75) is 90.4 Å². The monoisotopic (exact) mass is 338 g/mol. The van der Waals surface area contributed by atoms with Crippen LogP contribution in [0, 0.1) is 23.7 Å². The van der Waals surface area contributed by atoms with Crippen LogP contribution in [0.5, 0.6) is 0 Å². The first-order valence-electron chi connectivity index (χ1n) is 8.43. The first-order chi connectivity index (χ1) is 9.91. The highest BCUT2D eigenvalue weighted by Gasteiger charge is 1.92. The first kappa shape index (κ1) is 19.6. The van der Waals surface area contributed by atoms with Crippen LogP contribution in [-0.4, -0.2) is 5.33 Å². The van der Waals surface area contributed by atoms with Crippen LogP contribution in [0.3, 0.4) is 0 Å². The number of halogens is 1. The summed E-state index contributed by atoms with van der Waals surface area (Å²) in [5, 5.41) is 1.17. The van der Waals surface area contributed by atoms with Crippen molar-refractivity contribution in [1.82, 2.24) is 0 Å². The van der Waals surface area contributed by atoms with E-state index >= 15 is 0 Å². The van der Waals surface area contributed by atoms with E-state index in [2.05, 4.69) is 46.5 Å². The van der Waals surface area contributed by atoms with Gasteiger partial charge in [0.25, 0.3) is 0 Å². The minimum Gasteiger partial charge on any atom is -0.0928 e. The summed E-state index contributed by atoms with van der Waals surface area (Å²) in [5.74, 6) is 12.1. The molecule has 0 heterocycles. The molecule has 0 atom stereocenters. The Labute approximate surface area is 135 Å². The molecule has 0 saturated heterocycles. The van der Waals surface area contributed by atoms with Crippen LogP contribution < -0.4 is 0 Å². The van der Waals surface area contributed by atoms with Gasteiger partial charge in [0, 0.05) is 18.2 Å². The Bertz CT molecular complexity index is 297. The normalized spacial score (nSPS) is 9.50. The zero-order valence-corrected chi connectivity index (χ0v) is 14.9. The molecule has 0 bridgehead atoms.